The minimum atomic E-state index is -5.35. The Morgan fingerprint density at radius 2 is 1.00 bits per heavy atom. The molecule has 4 atom stereocenters. The number of hydrogen-bond donors (Lipinski definition) is 4. The Labute approximate surface area is 170 Å². The topological polar surface area (TPSA) is 214 Å². The normalized spacial score (nSPS) is 17.5. The Hall–Kier alpha value is 1.58. The number of rotatable bonds is 9. The average molecular weight is 386 g/mol. The third-order valence-electron chi connectivity index (χ3n) is 1.95. The van der Waals surface area contributed by atoms with Crippen LogP contribution in [0, 0.1) is 0 Å². The zero-order valence-electron chi connectivity index (χ0n) is 11.6. The van der Waals surface area contributed by atoms with Crippen molar-refractivity contribution in [2.45, 2.75) is 24.4 Å². The summed E-state index contributed by atoms with van der Waals surface area (Å²) in [7, 11) is -10.7. The molecule has 0 aromatic rings. The number of aliphatic hydroxyl groups excluding tert-OH is 4. The summed E-state index contributed by atoms with van der Waals surface area (Å²) in [6, 6.07) is 0. The van der Waals surface area contributed by atoms with Crippen LogP contribution in [0.2, 0.25) is 0 Å². The molecule has 0 aliphatic carbocycles. The minimum Gasteiger partial charge on any atom is -0.726 e. The third-order valence-corrected chi connectivity index (χ3v) is 2.92. The van der Waals surface area contributed by atoms with E-state index in [2.05, 4.69) is 8.37 Å². The van der Waals surface area contributed by atoms with Crippen LogP contribution >= 0.6 is 0 Å². The summed E-state index contributed by atoms with van der Waals surface area (Å²) >= 11 is 0. The molecule has 0 bridgehead atoms. The molecule has 4 N–H and O–H groups in total. The van der Waals surface area contributed by atoms with E-state index in [1.807, 2.05) is 0 Å². The molecule has 0 radical (unpaired) electrons. The minimum absolute atomic E-state index is 0. The Morgan fingerprint density at radius 1 is 0.773 bits per heavy atom. The quantitative estimate of drug-likeness (QED) is 0.165. The van der Waals surface area contributed by atoms with Gasteiger partial charge in [0.2, 0.25) is 20.8 Å². The van der Waals surface area contributed by atoms with E-state index in [1.165, 1.54) is 0 Å². The molecule has 0 aromatic carbocycles. The fourth-order valence-electron chi connectivity index (χ4n) is 1.13. The van der Waals surface area contributed by atoms with E-state index in [-0.39, 0.29) is 59.1 Å². The van der Waals surface area contributed by atoms with Crippen molar-refractivity contribution in [1.29, 1.82) is 0 Å². The van der Waals surface area contributed by atoms with Gasteiger partial charge in [-0.25, -0.2) is 16.8 Å². The molecule has 0 aliphatic heterocycles. The van der Waals surface area contributed by atoms with Crippen LogP contribution in [0.3, 0.4) is 0 Å². The van der Waals surface area contributed by atoms with E-state index in [4.69, 9.17) is 10.2 Å². The summed E-state index contributed by atoms with van der Waals surface area (Å²) in [4.78, 5) is 0. The van der Waals surface area contributed by atoms with Crippen molar-refractivity contribution >= 4 is 20.8 Å². The van der Waals surface area contributed by atoms with E-state index < -0.39 is 58.4 Å². The molecule has 0 saturated heterocycles. The monoisotopic (exact) mass is 386 g/mol. The van der Waals surface area contributed by atoms with Crippen molar-refractivity contribution < 1.29 is 114 Å². The molecule has 0 spiro atoms. The first kappa shape index (κ1) is 28.4. The Morgan fingerprint density at radius 3 is 1.14 bits per heavy atom. The van der Waals surface area contributed by atoms with Gasteiger partial charge in [0.1, 0.15) is 24.4 Å². The summed E-state index contributed by atoms with van der Waals surface area (Å²) in [6.45, 7) is -2.50. The van der Waals surface area contributed by atoms with Crippen LogP contribution in [0.5, 0.6) is 0 Å². The van der Waals surface area contributed by atoms with Crippen LogP contribution in [0.1, 0.15) is 0 Å². The van der Waals surface area contributed by atoms with Crippen molar-refractivity contribution in [3.63, 3.8) is 0 Å². The van der Waals surface area contributed by atoms with Crippen molar-refractivity contribution in [2.75, 3.05) is 13.2 Å². The Kier molecular flexibility index (Phi) is 15.5. The summed E-state index contributed by atoms with van der Waals surface area (Å²) in [5.74, 6) is 0. The van der Waals surface area contributed by atoms with Gasteiger partial charge in [0, 0.05) is 0 Å². The van der Waals surface area contributed by atoms with Gasteiger partial charge in [-0.1, -0.05) is 0 Å². The van der Waals surface area contributed by atoms with Crippen LogP contribution in [-0.2, 0) is 29.2 Å². The molecule has 16 heteroatoms. The van der Waals surface area contributed by atoms with Crippen LogP contribution < -0.4 is 59.1 Å². The average Bonchev–Trinajstić information content (AvgIpc) is 2.28. The van der Waals surface area contributed by atoms with Crippen molar-refractivity contribution in [2.24, 2.45) is 0 Å². The van der Waals surface area contributed by atoms with E-state index in [9.17, 15) is 36.2 Å². The van der Waals surface area contributed by atoms with Gasteiger partial charge >= 0.3 is 59.1 Å². The zero-order valence-corrected chi connectivity index (χ0v) is 17.2. The molecule has 22 heavy (non-hydrogen) atoms. The summed E-state index contributed by atoms with van der Waals surface area (Å²) in [5.41, 5.74) is 0. The van der Waals surface area contributed by atoms with Crippen molar-refractivity contribution in [1.82, 2.24) is 0 Å². The number of hydrogen-bond acceptors (Lipinski definition) is 12. The predicted octanol–water partition coefficient (Wildman–Crippen LogP) is -10.6. The van der Waals surface area contributed by atoms with Crippen LogP contribution in [0.15, 0.2) is 0 Å². The Bertz CT molecular complexity index is 446. The van der Waals surface area contributed by atoms with Gasteiger partial charge in [-0.05, 0) is 0 Å². The second kappa shape index (κ2) is 12.0. The van der Waals surface area contributed by atoms with Crippen molar-refractivity contribution in [3.05, 3.63) is 0 Å². The van der Waals surface area contributed by atoms with Gasteiger partial charge in [-0.2, -0.15) is 0 Å². The van der Waals surface area contributed by atoms with Gasteiger partial charge in [-0.15, -0.1) is 0 Å². The fraction of sp³-hybridized carbons (Fsp3) is 1.00. The van der Waals surface area contributed by atoms with Crippen molar-refractivity contribution in [3.8, 4) is 0 Å². The summed E-state index contributed by atoms with van der Waals surface area (Å²) in [6.07, 6.45) is -9.00. The summed E-state index contributed by atoms with van der Waals surface area (Å²) in [5, 5.41) is 36.3. The molecule has 12 nitrogen and oxygen atoms in total. The Balaban J connectivity index is -0.00000180. The first-order valence-electron chi connectivity index (χ1n) is 4.77. The van der Waals surface area contributed by atoms with Gasteiger partial charge in [0.05, 0.1) is 13.2 Å². The van der Waals surface area contributed by atoms with Gasteiger partial charge < -0.3 is 29.5 Å². The maximum atomic E-state index is 10.3. The molecule has 0 heterocycles. The molecule has 122 valence electrons. The maximum absolute atomic E-state index is 10.3. The van der Waals surface area contributed by atoms with E-state index in [1.54, 1.807) is 0 Å². The molecule has 0 unspecified atom stereocenters. The van der Waals surface area contributed by atoms with Gasteiger partial charge in [0.15, 0.2) is 0 Å². The van der Waals surface area contributed by atoms with E-state index in [0.717, 1.165) is 0 Å². The van der Waals surface area contributed by atoms with Gasteiger partial charge in [-0.3, -0.25) is 8.37 Å². The van der Waals surface area contributed by atoms with E-state index in [0.29, 0.717) is 0 Å². The molecular formula is C6H12Na2O12S2. The molecule has 0 rings (SSSR count). The maximum Gasteiger partial charge on any atom is 1.00 e. The standard InChI is InChI=1S/C6H14O12S2.2Na/c7-1-3(17-19(11,12)13)5(9)6(10)4(2-8)18-20(14,15)16;;/h3-10H,1-2H2,(H,11,12,13)(H,14,15,16);;/q;2*+1/p-2/t3-,4-,5-,6-;;/m1../s1. The van der Waals surface area contributed by atoms with Gasteiger partial charge in [0.25, 0.3) is 0 Å². The van der Waals surface area contributed by atoms with E-state index >= 15 is 0 Å². The van der Waals surface area contributed by atoms with Crippen LogP contribution in [0.25, 0.3) is 0 Å². The second-order valence-corrected chi connectivity index (χ2v) is 5.45. The largest absolute Gasteiger partial charge is 1.00 e. The molecular weight excluding hydrogens is 374 g/mol. The number of aliphatic hydroxyl groups is 4. The predicted molar refractivity (Wildman–Crippen MR) is 55.3 cm³/mol. The molecule has 0 saturated carbocycles. The smallest absolute Gasteiger partial charge is 0.726 e. The first-order chi connectivity index (χ1) is 8.91. The molecule has 0 amide bonds. The fourth-order valence-corrected chi connectivity index (χ4v) is 2.09. The molecule has 0 aliphatic rings. The van der Waals surface area contributed by atoms with Crippen LogP contribution in [-0.4, -0.2) is 84.0 Å². The molecule has 0 aromatic heterocycles. The second-order valence-electron chi connectivity index (χ2n) is 3.43. The SMILES string of the molecule is O=S(=O)([O-])O[C@H](CO)[C@@H](O)[C@H](O)[C@@H](CO)OS(=O)(=O)[O-].[Na+].[Na+]. The first-order valence-corrected chi connectivity index (χ1v) is 7.44. The molecule has 0 fully saturated rings. The zero-order chi connectivity index (χ0) is 16.1. The van der Waals surface area contributed by atoms with Crippen LogP contribution in [0.4, 0.5) is 0 Å². The summed E-state index contributed by atoms with van der Waals surface area (Å²) < 4.78 is 69.1. The third kappa shape index (κ3) is 12.0.